The van der Waals surface area contributed by atoms with Gasteiger partial charge >= 0.3 is 0 Å². The van der Waals surface area contributed by atoms with Crippen molar-refractivity contribution in [2.75, 3.05) is 26.2 Å². The molecule has 0 unspecified atom stereocenters. The molecule has 128 valence electrons. The Morgan fingerprint density at radius 1 is 1.17 bits per heavy atom. The van der Waals surface area contributed by atoms with Gasteiger partial charge in [0.25, 0.3) is 5.91 Å². The van der Waals surface area contributed by atoms with Crippen molar-refractivity contribution in [3.05, 3.63) is 23.0 Å². The lowest BCUT2D eigenvalue weighted by atomic mass is 10.3. The van der Waals surface area contributed by atoms with E-state index < -0.39 is 0 Å². The maximum atomic E-state index is 12.9. The summed E-state index contributed by atoms with van der Waals surface area (Å²) in [6.45, 7) is 5.98. The van der Waals surface area contributed by atoms with Crippen LogP contribution >= 0.6 is 11.3 Å². The van der Waals surface area contributed by atoms with E-state index in [2.05, 4.69) is 10.1 Å². The van der Waals surface area contributed by atoms with Crippen LogP contribution in [-0.2, 0) is 11.8 Å². The quantitative estimate of drug-likeness (QED) is 0.826. The van der Waals surface area contributed by atoms with Crippen LogP contribution in [0.3, 0.4) is 0 Å². The largest absolute Gasteiger partial charge is 0.341 e. The summed E-state index contributed by atoms with van der Waals surface area (Å²) in [5.74, 6) is 0.0719. The Kier molecular flexibility index (Phi) is 4.66. The molecule has 0 N–H and O–H groups in total. The topological polar surface area (TPSA) is 71.3 Å². The lowest BCUT2D eigenvalue weighted by Crippen LogP contribution is -2.36. The van der Waals surface area contributed by atoms with E-state index in [9.17, 15) is 9.59 Å². The molecule has 0 bridgehead atoms. The van der Waals surface area contributed by atoms with Crippen molar-refractivity contribution in [2.24, 2.45) is 7.05 Å². The van der Waals surface area contributed by atoms with E-state index in [0.29, 0.717) is 31.1 Å². The van der Waals surface area contributed by atoms with Crippen molar-refractivity contribution < 1.29 is 9.59 Å². The van der Waals surface area contributed by atoms with Gasteiger partial charge in [-0.15, -0.1) is 11.3 Å². The number of aryl methyl sites for hydroxylation is 2. The summed E-state index contributed by atoms with van der Waals surface area (Å²) in [7, 11) is 1.86. The molecule has 7 nitrogen and oxygen atoms in total. The molecule has 1 saturated heterocycles. The van der Waals surface area contributed by atoms with Crippen molar-refractivity contribution in [2.45, 2.75) is 20.3 Å². The summed E-state index contributed by atoms with van der Waals surface area (Å²) in [6.07, 6.45) is 4.45. The fourth-order valence-corrected chi connectivity index (χ4v) is 3.84. The number of rotatable bonds is 2. The minimum absolute atomic E-state index is 0.00513. The normalized spacial score (nSPS) is 15.5. The Morgan fingerprint density at radius 3 is 2.54 bits per heavy atom. The van der Waals surface area contributed by atoms with Crippen LogP contribution in [0, 0.1) is 6.92 Å². The highest BCUT2D eigenvalue weighted by Crippen LogP contribution is 2.28. The van der Waals surface area contributed by atoms with Gasteiger partial charge in [-0.2, -0.15) is 5.10 Å². The molecule has 0 spiro atoms. The van der Waals surface area contributed by atoms with Gasteiger partial charge < -0.3 is 9.80 Å². The van der Waals surface area contributed by atoms with Crippen molar-refractivity contribution in [1.82, 2.24) is 24.6 Å². The smallest absolute Gasteiger partial charge is 0.265 e. The highest BCUT2D eigenvalue weighted by molar-refractivity contribution is 7.17. The van der Waals surface area contributed by atoms with Crippen LogP contribution < -0.4 is 0 Å². The first-order chi connectivity index (χ1) is 11.5. The highest BCUT2D eigenvalue weighted by atomic mass is 32.1. The zero-order chi connectivity index (χ0) is 17.3. The third-order valence-electron chi connectivity index (χ3n) is 4.17. The first-order valence-electron chi connectivity index (χ1n) is 7.97. The number of hydrogen-bond donors (Lipinski definition) is 0. The summed E-state index contributed by atoms with van der Waals surface area (Å²) < 4.78 is 1.72. The van der Waals surface area contributed by atoms with E-state index in [4.69, 9.17) is 0 Å². The minimum Gasteiger partial charge on any atom is -0.341 e. The Hall–Kier alpha value is -2.22. The van der Waals surface area contributed by atoms with Crippen molar-refractivity contribution >= 4 is 23.2 Å². The minimum atomic E-state index is 0.00513. The molecule has 24 heavy (non-hydrogen) atoms. The van der Waals surface area contributed by atoms with Gasteiger partial charge in [0, 0.05) is 51.9 Å². The van der Waals surface area contributed by atoms with Gasteiger partial charge in [-0.3, -0.25) is 14.3 Å². The molecule has 2 aromatic rings. The Balaban J connectivity index is 1.78. The zero-order valence-electron chi connectivity index (χ0n) is 14.2. The SMILES string of the molecule is CC(=O)N1CCCN(C(=O)c2sc(-c3cnn(C)c3)nc2C)CC1. The van der Waals surface area contributed by atoms with Crippen LogP contribution in [0.15, 0.2) is 12.4 Å². The maximum Gasteiger partial charge on any atom is 0.265 e. The summed E-state index contributed by atoms with van der Waals surface area (Å²) in [6, 6.07) is 0. The van der Waals surface area contributed by atoms with Gasteiger partial charge in [0.1, 0.15) is 9.88 Å². The fraction of sp³-hybridized carbons (Fsp3) is 0.500. The number of carbonyl (C=O) groups excluding carboxylic acids is 2. The highest BCUT2D eigenvalue weighted by Gasteiger charge is 2.25. The third-order valence-corrected chi connectivity index (χ3v) is 5.37. The third kappa shape index (κ3) is 3.33. The standard InChI is InChI=1S/C16H21N5O2S/c1-11-14(24-15(18-11)13-9-17-19(3)10-13)16(23)21-6-4-5-20(7-8-21)12(2)22/h9-10H,4-8H2,1-3H3. The van der Waals surface area contributed by atoms with Gasteiger partial charge in [-0.1, -0.05) is 0 Å². The van der Waals surface area contributed by atoms with E-state index in [0.717, 1.165) is 22.7 Å². The van der Waals surface area contributed by atoms with Crippen LogP contribution in [0.25, 0.3) is 10.6 Å². The van der Waals surface area contributed by atoms with Gasteiger partial charge in [-0.05, 0) is 13.3 Å². The van der Waals surface area contributed by atoms with E-state index in [1.807, 2.05) is 25.1 Å². The number of nitrogens with zero attached hydrogens (tertiary/aromatic N) is 5. The number of carbonyl (C=O) groups is 2. The zero-order valence-corrected chi connectivity index (χ0v) is 15.0. The van der Waals surface area contributed by atoms with E-state index in [1.165, 1.54) is 11.3 Å². The number of hydrogen-bond acceptors (Lipinski definition) is 5. The second kappa shape index (κ2) is 6.72. The second-order valence-electron chi connectivity index (χ2n) is 5.99. The molecule has 1 aliphatic rings. The Bertz CT molecular complexity index is 766. The molecule has 2 aromatic heterocycles. The molecular weight excluding hydrogens is 326 g/mol. The molecule has 0 radical (unpaired) electrons. The summed E-state index contributed by atoms with van der Waals surface area (Å²) in [5, 5.41) is 4.96. The molecule has 3 heterocycles. The Labute approximate surface area is 144 Å². The van der Waals surface area contributed by atoms with Gasteiger partial charge in [0.15, 0.2) is 0 Å². The monoisotopic (exact) mass is 347 g/mol. The molecule has 0 atom stereocenters. The molecule has 0 saturated carbocycles. The van der Waals surface area contributed by atoms with Crippen LogP contribution in [-0.4, -0.2) is 62.6 Å². The van der Waals surface area contributed by atoms with E-state index >= 15 is 0 Å². The first kappa shape index (κ1) is 16.6. The second-order valence-corrected chi connectivity index (χ2v) is 6.99. The summed E-state index contributed by atoms with van der Waals surface area (Å²) >= 11 is 1.41. The molecule has 0 aromatic carbocycles. The van der Waals surface area contributed by atoms with Crippen molar-refractivity contribution in [3.8, 4) is 10.6 Å². The van der Waals surface area contributed by atoms with Gasteiger partial charge in [0.05, 0.1) is 11.9 Å². The predicted molar refractivity (Wildman–Crippen MR) is 91.8 cm³/mol. The maximum absolute atomic E-state index is 12.9. The van der Waals surface area contributed by atoms with Gasteiger partial charge in [0.2, 0.25) is 5.91 Å². The van der Waals surface area contributed by atoms with Gasteiger partial charge in [-0.25, -0.2) is 4.98 Å². The van der Waals surface area contributed by atoms with E-state index in [1.54, 1.807) is 22.7 Å². The molecule has 3 rings (SSSR count). The summed E-state index contributed by atoms with van der Waals surface area (Å²) in [5.41, 5.74) is 1.67. The molecule has 1 aliphatic heterocycles. The Morgan fingerprint density at radius 2 is 1.88 bits per heavy atom. The number of thiazole rings is 1. The lowest BCUT2D eigenvalue weighted by Gasteiger charge is -2.20. The van der Waals surface area contributed by atoms with Crippen molar-refractivity contribution in [1.29, 1.82) is 0 Å². The first-order valence-corrected chi connectivity index (χ1v) is 8.78. The van der Waals surface area contributed by atoms with E-state index in [-0.39, 0.29) is 11.8 Å². The molecule has 0 aliphatic carbocycles. The van der Waals surface area contributed by atoms with Crippen LogP contribution in [0.2, 0.25) is 0 Å². The molecular formula is C16H21N5O2S. The predicted octanol–water partition coefficient (Wildman–Crippen LogP) is 1.55. The lowest BCUT2D eigenvalue weighted by molar-refractivity contribution is -0.128. The van der Waals surface area contributed by atoms with Crippen LogP contribution in [0.5, 0.6) is 0 Å². The van der Waals surface area contributed by atoms with Crippen LogP contribution in [0.4, 0.5) is 0 Å². The fourth-order valence-electron chi connectivity index (χ4n) is 2.83. The van der Waals surface area contributed by atoms with Crippen LogP contribution in [0.1, 0.15) is 28.7 Å². The van der Waals surface area contributed by atoms with Crippen molar-refractivity contribution in [3.63, 3.8) is 0 Å². The molecule has 1 fully saturated rings. The number of amides is 2. The molecule has 8 heteroatoms. The average molecular weight is 347 g/mol. The summed E-state index contributed by atoms with van der Waals surface area (Å²) in [4.78, 5) is 33.2. The number of aromatic nitrogens is 3. The molecule has 2 amide bonds. The average Bonchev–Trinajstić information content (AvgIpc) is 3.04.